The molecule has 1 aliphatic rings. The van der Waals surface area contributed by atoms with Gasteiger partial charge in [0.2, 0.25) is 0 Å². The first-order valence-electron chi connectivity index (χ1n) is 8.15. The van der Waals surface area contributed by atoms with Gasteiger partial charge in [0.15, 0.2) is 0 Å². The second kappa shape index (κ2) is 10.1. The standard InChI is InChI=1S/C16H34N2S/c1-5-11-17-16-10-8-7-9-14(16)12-18(3)15(6-2)13-19-4/h14-17H,5-13H2,1-4H3. The Balaban J connectivity index is 2.45. The Morgan fingerprint density at radius 2 is 2.00 bits per heavy atom. The van der Waals surface area contributed by atoms with Crippen LogP contribution in [0.5, 0.6) is 0 Å². The van der Waals surface area contributed by atoms with Gasteiger partial charge in [-0.25, -0.2) is 0 Å². The van der Waals surface area contributed by atoms with Gasteiger partial charge in [-0.3, -0.25) is 0 Å². The van der Waals surface area contributed by atoms with E-state index < -0.39 is 0 Å². The van der Waals surface area contributed by atoms with Crippen LogP contribution in [-0.4, -0.2) is 49.1 Å². The Bertz CT molecular complexity index is 223. The van der Waals surface area contributed by atoms with Crippen molar-refractivity contribution in [3.05, 3.63) is 0 Å². The molecule has 3 unspecified atom stereocenters. The van der Waals surface area contributed by atoms with Crippen LogP contribution in [0.25, 0.3) is 0 Å². The van der Waals surface area contributed by atoms with Gasteiger partial charge in [0.25, 0.3) is 0 Å². The van der Waals surface area contributed by atoms with Crippen molar-refractivity contribution in [1.29, 1.82) is 0 Å². The fourth-order valence-electron chi connectivity index (χ4n) is 3.29. The highest BCUT2D eigenvalue weighted by Crippen LogP contribution is 2.26. The third-order valence-electron chi connectivity index (χ3n) is 4.54. The van der Waals surface area contributed by atoms with Crippen molar-refractivity contribution >= 4 is 11.8 Å². The van der Waals surface area contributed by atoms with Gasteiger partial charge < -0.3 is 10.2 Å². The predicted molar refractivity (Wildman–Crippen MR) is 89.1 cm³/mol. The SMILES string of the molecule is CCCNC1CCCCC1CN(C)C(CC)CSC. The lowest BCUT2D eigenvalue weighted by atomic mass is 9.84. The van der Waals surface area contributed by atoms with Crippen molar-refractivity contribution in [3.63, 3.8) is 0 Å². The lowest BCUT2D eigenvalue weighted by Gasteiger charge is -2.37. The largest absolute Gasteiger partial charge is 0.314 e. The van der Waals surface area contributed by atoms with Crippen LogP contribution in [0.2, 0.25) is 0 Å². The number of thioether (sulfide) groups is 1. The molecule has 1 aliphatic carbocycles. The minimum atomic E-state index is 0.753. The maximum Gasteiger partial charge on any atom is 0.0180 e. The van der Waals surface area contributed by atoms with E-state index in [0.717, 1.165) is 18.0 Å². The molecule has 0 saturated heterocycles. The molecule has 0 aromatic heterocycles. The van der Waals surface area contributed by atoms with Gasteiger partial charge in [0, 0.05) is 24.4 Å². The second-order valence-corrected chi connectivity index (χ2v) is 6.97. The van der Waals surface area contributed by atoms with Gasteiger partial charge in [-0.05, 0) is 51.4 Å². The molecule has 3 heteroatoms. The van der Waals surface area contributed by atoms with E-state index in [1.807, 2.05) is 11.8 Å². The summed E-state index contributed by atoms with van der Waals surface area (Å²) in [6.45, 7) is 7.06. The average molecular weight is 287 g/mol. The van der Waals surface area contributed by atoms with E-state index in [0.29, 0.717) is 0 Å². The summed E-state index contributed by atoms with van der Waals surface area (Å²) in [6, 6.07) is 1.52. The molecule has 2 nitrogen and oxygen atoms in total. The molecule has 0 radical (unpaired) electrons. The van der Waals surface area contributed by atoms with Crippen molar-refractivity contribution < 1.29 is 0 Å². The zero-order valence-electron chi connectivity index (χ0n) is 13.5. The van der Waals surface area contributed by atoms with Crippen LogP contribution in [0.1, 0.15) is 52.4 Å². The third kappa shape index (κ3) is 6.05. The lowest BCUT2D eigenvalue weighted by molar-refractivity contribution is 0.160. The van der Waals surface area contributed by atoms with E-state index in [1.165, 1.54) is 57.4 Å². The van der Waals surface area contributed by atoms with Gasteiger partial charge >= 0.3 is 0 Å². The summed E-state index contributed by atoms with van der Waals surface area (Å²) in [4.78, 5) is 2.62. The number of nitrogens with zero attached hydrogens (tertiary/aromatic N) is 1. The highest BCUT2D eigenvalue weighted by molar-refractivity contribution is 7.98. The van der Waals surface area contributed by atoms with Crippen molar-refractivity contribution in [2.24, 2.45) is 5.92 Å². The Morgan fingerprint density at radius 3 is 2.63 bits per heavy atom. The summed E-state index contributed by atoms with van der Waals surface area (Å²) < 4.78 is 0. The van der Waals surface area contributed by atoms with Gasteiger partial charge in [0.1, 0.15) is 0 Å². The normalized spacial score (nSPS) is 25.7. The zero-order valence-corrected chi connectivity index (χ0v) is 14.3. The Hall–Kier alpha value is 0.270. The molecule has 1 saturated carbocycles. The molecule has 0 heterocycles. The number of hydrogen-bond donors (Lipinski definition) is 1. The Morgan fingerprint density at radius 1 is 1.26 bits per heavy atom. The second-order valence-electron chi connectivity index (χ2n) is 6.06. The topological polar surface area (TPSA) is 15.3 Å². The minimum Gasteiger partial charge on any atom is -0.314 e. The van der Waals surface area contributed by atoms with E-state index in [9.17, 15) is 0 Å². The molecule has 19 heavy (non-hydrogen) atoms. The van der Waals surface area contributed by atoms with Crippen LogP contribution >= 0.6 is 11.8 Å². The lowest BCUT2D eigenvalue weighted by Crippen LogP contribution is -2.46. The number of rotatable bonds is 9. The quantitative estimate of drug-likeness (QED) is 0.697. The van der Waals surface area contributed by atoms with Gasteiger partial charge in [-0.15, -0.1) is 0 Å². The summed E-state index contributed by atoms with van der Waals surface area (Å²) in [5, 5.41) is 3.78. The van der Waals surface area contributed by atoms with Crippen LogP contribution in [0.3, 0.4) is 0 Å². The van der Waals surface area contributed by atoms with Crippen LogP contribution < -0.4 is 5.32 Å². The first-order chi connectivity index (χ1) is 9.22. The molecule has 1 fully saturated rings. The molecular weight excluding hydrogens is 252 g/mol. The monoisotopic (exact) mass is 286 g/mol. The summed E-state index contributed by atoms with van der Waals surface area (Å²) in [6.07, 6.45) is 10.4. The van der Waals surface area contributed by atoms with E-state index in [1.54, 1.807) is 0 Å². The Labute approximate surface area is 125 Å². The van der Waals surface area contributed by atoms with E-state index in [4.69, 9.17) is 0 Å². The first-order valence-corrected chi connectivity index (χ1v) is 9.54. The third-order valence-corrected chi connectivity index (χ3v) is 5.26. The summed E-state index contributed by atoms with van der Waals surface area (Å²) in [5.74, 6) is 2.13. The fourth-order valence-corrected chi connectivity index (χ4v) is 4.17. The van der Waals surface area contributed by atoms with Crippen LogP contribution in [-0.2, 0) is 0 Å². The fraction of sp³-hybridized carbons (Fsp3) is 1.00. The van der Waals surface area contributed by atoms with Crippen molar-refractivity contribution in [2.75, 3.05) is 32.1 Å². The number of hydrogen-bond acceptors (Lipinski definition) is 3. The molecule has 1 N–H and O–H groups in total. The predicted octanol–water partition coefficient (Wildman–Crippen LogP) is 3.62. The summed E-state index contributed by atoms with van der Waals surface area (Å²) in [7, 11) is 2.33. The molecule has 0 spiro atoms. The molecule has 0 aromatic carbocycles. The molecular formula is C16H34N2S. The molecule has 3 atom stereocenters. The van der Waals surface area contributed by atoms with Gasteiger partial charge in [-0.2, -0.15) is 11.8 Å². The van der Waals surface area contributed by atoms with Crippen molar-refractivity contribution in [3.8, 4) is 0 Å². The number of nitrogens with one attached hydrogen (secondary N) is 1. The van der Waals surface area contributed by atoms with Crippen LogP contribution in [0.4, 0.5) is 0 Å². The smallest absolute Gasteiger partial charge is 0.0180 e. The average Bonchev–Trinajstić information content (AvgIpc) is 2.43. The maximum atomic E-state index is 3.78. The van der Waals surface area contributed by atoms with E-state index in [-0.39, 0.29) is 0 Å². The van der Waals surface area contributed by atoms with Gasteiger partial charge in [0.05, 0.1) is 0 Å². The summed E-state index contributed by atoms with van der Waals surface area (Å²) in [5.41, 5.74) is 0. The first kappa shape index (κ1) is 17.3. The van der Waals surface area contributed by atoms with Crippen molar-refractivity contribution in [1.82, 2.24) is 10.2 Å². The molecule has 0 amide bonds. The summed E-state index contributed by atoms with van der Waals surface area (Å²) >= 11 is 1.98. The van der Waals surface area contributed by atoms with Crippen molar-refractivity contribution in [2.45, 2.75) is 64.5 Å². The molecule has 114 valence electrons. The van der Waals surface area contributed by atoms with E-state index >= 15 is 0 Å². The van der Waals surface area contributed by atoms with E-state index in [2.05, 4.69) is 37.4 Å². The molecule has 0 bridgehead atoms. The zero-order chi connectivity index (χ0) is 14.1. The van der Waals surface area contributed by atoms with Crippen LogP contribution in [0.15, 0.2) is 0 Å². The molecule has 0 aliphatic heterocycles. The minimum absolute atomic E-state index is 0.753. The molecule has 1 rings (SSSR count). The maximum absolute atomic E-state index is 3.78. The van der Waals surface area contributed by atoms with Gasteiger partial charge in [-0.1, -0.05) is 26.7 Å². The highest BCUT2D eigenvalue weighted by Gasteiger charge is 2.26. The van der Waals surface area contributed by atoms with Crippen LogP contribution in [0, 0.1) is 5.92 Å². The Kier molecular flexibility index (Phi) is 9.17. The highest BCUT2D eigenvalue weighted by atomic mass is 32.2. The molecule has 0 aromatic rings.